The normalized spacial score (nSPS) is 10.2. The summed E-state index contributed by atoms with van der Waals surface area (Å²) in [7, 11) is 1.36. The molecule has 15 heavy (non-hydrogen) atoms. The predicted molar refractivity (Wildman–Crippen MR) is 60.5 cm³/mol. The topological polar surface area (TPSA) is 38.3 Å². The minimum Gasteiger partial charge on any atom is -0.453 e. The van der Waals surface area contributed by atoms with Gasteiger partial charge in [-0.1, -0.05) is 42.5 Å². The second kappa shape index (κ2) is 6.65. The number of hydrogen-bond acceptors (Lipinski definition) is 2. The molecule has 0 saturated carbocycles. The average Bonchev–Trinajstić information content (AvgIpc) is 2.29. The van der Waals surface area contributed by atoms with Crippen LogP contribution in [0.5, 0.6) is 0 Å². The first-order chi connectivity index (χ1) is 7.33. The zero-order valence-corrected chi connectivity index (χ0v) is 8.77. The fraction of sp³-hybridized carbons (Fsp3) is 0.250. The van der Waals surface area contributed by atoms with Gasteiger partial charge >= 0.3 is 6.09 Å². The number of methoxy groups -OCH3 is 1. The van der Waals surface area contributed by atoms with Crippen molar-refractivity contribution in [2.24, 2.45) is 0 Å². The van der Waals surface area contributed by atoms with Gasteiger partial charge in [0.25, 0.3) is 0 Å². The number of amides is 1. The molecule has 0 spiro atoms. The molecule has 0 atom stereocenters. The first-order valence-electron chi connectivity index (χ1n) is 4.86. The highest BCUT2D eigenvalue weighted by molar-refractivity contribution is 5.66. The van der Waals surface area contributed by atoms with E-state index in [0.717, 1.165) is 12.0 Å². The van der Waals surface area contributed by atoms with E-state index in [9.17, 15) is 4.79 Å². The van der Waals surface area contributed by atoms with E-state index in [0.29, 0.717) is 6.54 Å². The van der Waals surface area contributed by atoms with E-state index in [1.165, 1.54) is 7.11 Å². The van der Waals surface area contributed by atoms with Gasteiger partial charge in [-0.2, -0.15) is 0 Å². The molecule has 3 heteroatoms. The molecule has 0 aromatic heterocycles. The molecule has 0 saturated heterocycles. The molecule has 1 amide bonds. The van der Waals surface area contributed by atoms with Crippen LogP contribution in [0.1, 0.15) is 12.0 Å². The Morgan fingerprint density at radius 1 is 1.40 bits per heavy atom. The number of carbonyl (C=O) groups excluding carboxylic acids is 1. The molecule has 80 valence electrons. The third-order valence-corrected chi connectivity index (χ3v) is 1.88. The van der Waals surface area contributed by atoms with Gasteiger partial charge in [-0.05, 0) is 12.0 Å². The molecule has 1 aromatic rings. The molecule has 0 bridgehead atoms. The molecule has 0 fully saturated rings. The van der Waals surface area contributed by atoms with Crippen molar-refractivity contribution in [2.75, 3.05) is 13.7 Å². The Bertz CT molecular complexity index is 320. The summed E-state index contributed by atoms with van der Waals surface area (Å²) < 4.78 is 4.44. The molecule has 0 aliphatic carbocycles. The summed E-state index contributed by atoms with van der Waals surface area (Å²) in [5.41, 5.74) is 1.16. The van der Waals surface area contributed by atoms with Crippen molar-refractivity contribution in [1.82, 2.24) is 5.32 Å². The quantitative estimate of drug-likeness (QED) is 0.767. The molecule has 0 heterocycles. The minimum atomic E-state index is -0.386. The Kier molecular flexibility index (Phi) is 5.01. The van der Waals surface area contributed by atoms with Gasteiger partial charge in [0.05, 0.1) is 7.11 Å². The Hall–Kier alpha value is -1.77. The summed E-state index contributed by atoms with van der Waals surface area (Å²) in [6.07, 6.45) is 4.46. The fourth-order valence-electron chi connectivity index (χ4n) is 1.11. The van der Waals surface area contributed by atoms with E-state index in [4.69, 9.17) is 0 Å². The molecule has 1 rings (SSSR count). The Labute approximate surface area is 89.8 Å². The van der Waals surface area contributed by atoms with E-state index < -0.39 is 0 Å². The maximum absolute atomic E-state index is 10.7. The molecular formula is C12H15NO2. The van der Waals surface area contributed by atoms with Gasteiger partial charge in [-0.15, -0.1) is 0 Å². The summed E-state index contributed by atoms with van der Waals surface area (Å²) in [5.74, 6) is 0. The van der Waals surface area contributed by atoms with Crippen LogP contribution in [-0.4, -0.2) is 19.7 Å². The highest BCUT2D eigenvalue weighted by atomic mass is 16.5. The third kappa shape index (κ3) is 4.86. The standard InChI is InChI=1S/C12H15NO2/c1-15-12(14)13-10-6-5-9-11-7-3-2-4-8-11/h2-5,7-9H,6,10H2,1H3,(H,13,14)/b9-5+. The molecular weight excluding hydrogens is 190 g/mol. The molecule has 0 aliphatic rings. The number of rotatable bonds is 4. The molecule has 0 aliphatic heterocycles. The number of carbonyl (C=O) groups is 1. The average molecular weight is 205 g/mol. The van der Waals surface area contributed by atoms with Gasteiger partial charge in [0.15, 0.2) is 0 Å². The van der Waals surface area contributed by atoms with Crippen LogP contribution < -0.4 is 5.32 Å². The Morgan fingerprint density at radius 2 is 2.13 bits per heavy atom. The third-order valence-electron chi connectivity index (χ3n) is 1.88. The summed E-state index contributed by atoms with van der Waals surface area (Å²) in [6.45, 7) is 0.593. The highest BCUT2D eigenvalue weighted by Gasteiger charge is 1.93. The minimum absolute atomic E-state index is 0.386. The molecule has 3 nitrogen and oxygen atoms in total. The smallest absolute Gasteiger partial charge is 0.406 e. The van der Waals surface area contributed by atoms with Gasteiger partial charge in [0, 0.05) is 6.54 Å². The van der Waals surface area contributed by atoms with Crippen LogP contribution in [0, 0.1) is 0 Å². The highest BCUT2D eigenvalue weighted by Crippen LogP contribution is 2.01. The summed E-state index contributed by atoms with van der Waals surface area (Å²) in [4.78, 5) is 10.7. The van der Waals surface area contributed by atoms with Crippen molar-refractivity contribution < 1.29 is 9.53 Å². The lowest BCUT2D eigenvalue weighted by Gasteiger charge is -1.99. The van der Waals surface area contributed by atoms with Crippen molar-refractivity contribution in [3.05, 3.63) is 42.0 Å². The van der Waals surface area contributed by atoms with Crippen molar-refractivity contribution in [1.29, 1.82) is 0 Å². The van der Waals surface area contributed by atoms with Crippen molar-refractivity contribution in [3.8, 4) is 0 Å². The lowest BCUT2D eigenvalue weighted by Crippen LogP contribution is -2.23. The van der Waals surface area contributed by atoms with Gasteiger partial charge in [-0.25, -0.2) is 4.79 Å². The monoisotopic (exact) mass is 205 g/mol. The number of alkyl carbamates (subject to hydrolysis) is 1. The first kappa shape index (κ1) is 11.3. The van der Waals surface area contributed by atoms with Crippen LogP contribution in [0.15, 0.2) is 36.4 Å². The SMILES string of the molecule is COC(=O)NCC/C=C/c1ccccc1. The van der Waals surface area contributed by atoms with Crippen LogP contribution >= 0.6 is 0 Å². The van der Waals surface area contributed by atoms with Crippen LogP contribution in [-0.2, 0) is 4.74 Å². The second-order valence-corrected chi connectivity index (χ2v) is 3.02. The van der Waals surface area contributed by atoms with Crippen LogP contribution in [0.25, 0.3) is 6.08 Å². The first-order valence-corrected chi connectivity index (χ1v) is 4.86. The van der Waals surface area contributed by atoms with E-state index in [1.54, 1.807) is 0 Å². The lowest BCUT2D eigenvalue weighted by atomic mass is 10.2. The lowest BCUT2D eigenvalue weighted by molar-refractivity contribution is 0.171. The van der Waals surface area contributed by atoms with Crippen LogP contribution in [0.2, 0.25) is 0 Å². The van der Waals surface area contributed by atoms with E-state index in [2.05, 4.69) is 10.1 Å². The van der Waals surface area contributed by atoms with Gasteiger partial charge in [0.2, 0.25) is 0 Å². The van der Waals surface area contributed by atoms with E-state index in [-0.39, 0.29) is 6.09 Å². The molecule has 0 unspecified atom stereocenters. The summed E-state index contributed by atoms with van der Waals surface area (Å²) >= 11 is 0. The zero-order chi connectivity index (χ0) is 10.9. The summed E-state index contributed by atoms with van der Waals surface area (Å²) in [6, 6.07) is 10.0. The van der Waals surface area contributed by atoms with Crippen molar-refractivity contribution >= 4 is 12.2 Å². The van der Waals surface area contributed by atoms with E-state index in [1.807, 2.05) is 42.5 Å². The number of benzene rings is 1. The maximum atomic E-state index is 10.7. The van der Waals surface area contributed by atoms with Crippen LogP contribution in [0.4, 0.5) is 4.79 Å². The van der Waals surface area contributed by atoms with Crippen LogP contribution in [0.3, 0.4) is 0 Å². The Balaban J connectivity index is 2.20. The molecule has 1 aromatic carbocycles. The number of ether oxygens (including phenoxy) is 1. The summed E-state index contributed by atoms with van der Waals surface area (Å²) in [5, 5.41) is 2.61. The van der Waals surface area contributed by atoms with Crippen molar-refractivity contribution in [2.45, 2.75) is 6.42 Å². The van der Waals surface area contributed by atoms with Gasteiger partial charge in [0.1, 0.15) is 0 Å². The molecule has 0 radical (unpaired) electrons. The Morgan fingerprint density at radius 3 is 2.80 bits per heavy atom. The second-order valence-electron chi connectivity index (χ2n) is 3.02. The fourth-order valence-corrected chi connectivity index (χ4v) is 1.11. The van der Waals surface area contributed by atoms with Crippen molar-refractivity contribution in [3.63, 3.8) is 0 Å². The number of nitrogens with one attached hydrogen (secondary N) is 1. The van der Waals surface area contributed by atoms with Gasteiger partial charge < -0.3 is 10.1 Å². The van der Waals surface area contributed by atoms with E-state index >= 15 is 0 Å². The maximum Gasteiger partial charge on any atom is 0.406 e. The number of hydrogen-bond donors (Lipinski definition) is 1. The molecule has 1 N–H and O–H groups in total. The largest absolute Gasteiger partial charge is 0.453 e. The van der Waals surface area contributed by atoms with Gasteiger partial charge in [-0.3, -0.25) is 0 Å². The zero-order valence-electron chi connectivity index (χ0n) is 8.77. The predicted octanol–water partition coefficient (Wildman–Crippen LogP) is 2.45.